The highest BCUT2D eigenvalue weighted by atomic mass is 35.5. The molecule has 3 nitrogen and oxygen atoms in total. The maximum Gasteiger partial charge on any atom is 0.339 e. The van der Waals surface area contributed by atoms with E-state index >= 15 is 0 Å². The van der Waals surface area contributed by atoms with E-state index in [0.717, 1.165) is 27.2 Å². The number of carbonyl (C=O) groups is 1. The van der Waals surface area contributed by atoms with E-state index in [1.807, 2.05) is 48.5 Å². The Morgan fingerprint density at radius 2 is 1.44 bits per heavy atom. The lowest BCUT2D eigenvalue weighted by molar-refractivity contribution is 0.0475. The van der Waals surface area contributed by atoms with Crippen molar-refractivity contribution in [2.75, 3.05) is 0 Å². The monoisotopic (exact) mass is 457 g/mol. The van der Waals surface area contributed by atoms with Crippen LogP contribution in [0.25, 0.3) is 32.9 Å². The summed E-state index contributed by atoms with van der Waals surface area (Å²) in [6.45, 7) is -0.0163. The molecule has 4 aromatic carbocycles. The van der Waals surface area contributed by atoms with Crippen molar-refractivity contribution >= 4 is 50.8 Å². The van der Waals surface area contributed by atoms with Crippen LogP contribution in [-0.2, 0) is 11.3 Å². The minimum absolute atomic E-state index is 0.0163. The summed E-state index contributed by atoms with van der Waals surface area (Å²) in [5, 5.41) is 3.83. The van der Waals surface area contributed by atoms with Gasteiger partial charge < -0.3 is 4.74 Å². The highest BCUT2D eigenvalue weighted by Gasteiger charge is 2.17. The zero-order valence-electron chi connectivity index (χ0n) is 16.9. The molecule has 0 N–H and O–H groups in total. The van der Waals surface area contributed by atoms with Gasteiger partial charge in [-0.2, -0.15) is 0 Å². The molecule has 156 valence electrons. The molecule has 0 amide bonds. The number of para-hydroxylation sites is 1. The van der Waals surface area contributed by atoms with Crippen LogP contribution in [0.15, 0.2) is 91.0 Å². The number of carbonyl (C=O) groups excluding carboxylic acids is 1. The summed E-state index contributed by atoms with van der Waals surface area (Å²) in [6.07, 6.45) is 0. The molecule has 5 aromatic rings. The Morgan fingerprint density at radius 3 is 2.25 bits per heavy atom. The SMILES string of the molecule is O=C(OCc1c(Cl)cccc1Cl)c1cc(-c2cccc3ccccc23)nc2ccccc12. The maximum atomic E-state index is 13.2. The van der Waals surface area contributed by atoms with Gasteiger partial charge in [0.2, 0.25) is 0 Å². The summed E-state index contributed by atoms with van der Waals surface area (Å²) >= 11 is 12.5. The van der Waals surface area contributed by atoms with Crippen LogP contribution in [0.2, 0.25) is 10.0 Å². The molecule has 0 saturated carbocycles. The number of aromatic nitrogens is 1. The van der Waals surface area contributed by atoms with Crippen molar-refractivity contribution < 1.29 is 9.53 Å². The molecule has 1 heterocycles. The van der Waals surface area contributed by atoms with E-state index in [4.69, 9.17) is 32.9 Å². The number of benzene rings is 4. The minimum atomic E-state index is -0.457. The first kappa shape index (κ1) is 20.5. The van der Waals surface area contributed by atoms with Gasteiger partial charge in [0.15, 0.2) is 0 Å². The van der Waals surface area contributed by atoms with Gasteiger partial charge in [-0.1, -0.05) is 89.9 Å². The molecule has 1 aromatic heterocycles. The minimum Gasteiger partial charge on any atom is -0.457 e. The number of esters is 1. The van der Waals surface area contributed by atoms with E-state index in [0.29, 0.717) is 26.9 Å². The smallest absolute Gasteiger partial charge is 0.339 e. The van der Waals surface area contributed by atoms with Crippen LogP contribution in [0, 0.1) is 0 Å². The molecule has 0 bridgehead atoms. The molecule has 0 aliphatic heterocycles. The number of halogens is 2. The molecule has 0 saturated heterocycles. The van der Waals surface area contributed by atoms with Gasteiger partial charge >= 0.3 is 5.97 Å². The van der Waals surface area contributed by atoms with Crippen LogP contribution in [-0.4, -0.2) is 11.0 Å². The number of ether oxygens (including phenoxy) is 1. The lowest BCUT2D eigenvalue weighted by Gasteiger charge is -2.12. The lowest BCUT2D eigenvalue weighted by atomic mass is 9.99. The average molecular weight is 458 g/mol. The van der Waals surface area contributed by atoms with Crippen molar-refractivity contribution in [3.8, 4) is 11.3 Å². The predicted molar refractivity (Wildman–Crippen MR) is 130 cm³/mol. The van der Waals surface area contributed by atoms with Crippen molar-refractivity contribution in [2.45, 2.75) is 6.61 Å². The van der Waals surface area contributed by atoms with Gasteiger partial charge in [0.1, 0.15) is 6.61 Å². The largest absolute Gasteiger partial charge is 0.457 e. The number of rotatable bonds is 4. The Bertz CT molecular complexity index is 1450. The van der Waals surface area contributed by atoms with Gasteiger partial charge in [0, 0.05) is 26.6 Å². The first-order valence-electron chi connectivity index (χ1n) is 10.1. The van der Waals surface area contributed by atoms with E-state index < -0.39 is 5.97 Å². The predicted octanol–water partition coefficient (Wildman–Crippen LogP) is 7.72. The van der Waals surface area contributed by atoms with Gasteiger partial charge in [0.05, 0.1) is 16.8 Å². The Hall–Kier alpha value is -3.40. The quantitative estimate of drug-likeness (QED) is 0.259. The average Bonchev–Trinajstić information content (AvgIpc) is 2.82. The number of hydrogen-bond donors (Lipinski definition) is 0. The third kappa shape index (κ3) is 3.81. The zero-order valence-corrected chi connectivity index (χ0v) is 18.4. The fraction of sp³-hybridized carbons (Fsp3) is 0.0370. The summed E-state index contributed by atoms with van der Waals surface area (Å²) in [6, 6.07) is 28.7. The van der Waals surface area contributed by atoms with Crippen molar-refractivity contribution in [2.24, 2.45) is 0 Å². The van der Waals surface area contributed by atoms with Crippen molar-refractivity contribution in [3.63, 3.8) is 0 Å². The summed E-state index contributed by atoms with van der Waals surface area (Å²) in [7, 11) is 0. The number of hydrogen-bond acceptors (Lipinski definition) is 3. The van der Waals surface area contributed by atoms with Gasteiger partial charge in [-0.15, -0.1) is 0 Å². The number of nitrogens with zero attached hydrogens (tertiary/aromatic N) is 1. The second kappa shape index (κ2) is 8.62. The van der Waals surface area contributed by atoms with Crippen LogP contribution < -0.4 is 0 Å². The molecular weight excluding hydrogens is 441 g/mol. The van der Waals surface area contributed by atoms with E-state index in [1.165, 1.54) is 0 Å². The Balaban J connectivity index is 1.59. The second-order valence-electron chi connectivity index (χ2n) is 7.38. The van der Waals surface area contributed by atoms with Crippen LogP contribution in [0.3, 0.4) is 0 Å². The van der Waals surface area contributed by atoms with Crippen LogP contribution in [0.4, 0.5) is 0 Å². The standard InChI is InChI=1S/C27H17Cl2NO2/c28-23-12-6-13-24(29)22(23)16-32-27(31)21-15-26(30-25-14-4-3-10-20(21)25)19-11-5-8-17-7-1-2-9-18(17)19/h1-15H,16H2. The number of pyridine rings is 1. The Labute approximate surface area is 195 Å². The second-order valence-corrected chi connectivity index (χ2v) is 8.19. The molecule has 0 unspecified atom stereocenters. The summed E-state index contributed by atoms with van der Waals surface area (Å²) < 4.78 is 5.63. The highest BCUT2D eigenvalue weighted by molar-refractivity contribution is 6.36. The molecule has 0 spiro atoms. The summed E-state index contributed by atoms with van der Waals surface area (Å²) in [4.78, 5) is 18.0. The van der Waals surface area contributed by atoms with E-state index in [2.05, 4.69) is 18.2 Å². The maximum absolute atomic E-state index is 13.2. The Morgan fingerprint density at radius 1 is 0.781 bits per heavy atom. The third-order valence-electron chi connectivity index (χ3n) is 5.41. The van der Waals surface area contributed by atoms with Gasteiger partial charge in [0.25, 0.3) is 0 Å². The van der Waals surface area contributed by atoms with Crippen LogP contribution in [0.5, 0.6) is 0 Å². The molecular formula is C27H17Cl2NO2. The zero-order chi connectivity index (χ0) is 22.1. The molecule has 0 atom stereocenters. The summed E-state index contributed by atoms with van der Waals surface area (Å²) in [5.74, 6) is -0.457. The summed E-state index contributed by atoms with van der Waals surface area (Å²) in [5.41, 5.74) is 3.42. The number of fused-ring (bicyclic) bond motifs is 2. The molecule has 0 aliphatic carbocycles. The van der Waals surface area contributed by atoms with Crippen molar-refractivity contribution in [1.29, 1.82) is 0 Å². The van der Waals surface area contributed by atoms with Gasteiger partial charge in [-0.05, 0) is 35.0 Å². The highest BCUT2D eigenvalue weighted by Crippen LogP contribution is 2.31. The molecule has 0 aliphatic rings. The molecule has 0 radical (unpaired) electrons. The van der Waals surface area contributed by atoms with Crippen LogP contribution in [0.1, 0.15) is 15.9 Å². The molecule has 32 heavy (non-hydrogen) atoms. The van der Waals surface area contributed by atoms with Crippen molar-refractivity contribution in [3.05, 3.63) is 112 Å². The fourth-order valence-electron chi connectivity index (χ4n) is 3.82. The van der Waals surface area contributed by atoms with Crippen molar-refractivity contribution in [1.82, 2.24) is 4.98 Å². The molecule has 5 heteroatoms. The van der Waals surface area contributed by atoms with E-state index in [1.54, 1.807) is 24.3 Å². The molecule has 0 fully saturated rings. The third-order valence-corrected chi connectivity index (χ3v) is 6.12. The first-order valence-corrected chi connectivity index (χ1v) is 10.9. The van der Waals surface area contributed by atoms with E-state index in [-0.39, 0.29) is 6.61 Å². The normalized spacial score (nSPS) is 11.1. The topological polar surface area (TPSA) is 39.2 Å². The van der Waals surface area contributed by atoms with Crippen LogP contribution >= 0.6 is 23.2 Å². The molecule has 5 rings (SSSR count). The Kier molecular flexibility index (Phi) is 5.52. The van der Waals surface area contributed by atoms with E-state index in [9.17, 15) is 4.79 Å². The first-order chi connectivity index (χ1) is 15.6. The van der Waals surface area contributed by atoms with Gasteiger partial charge in [-0.3, -0.25) is 0 Å². The van der Waals surface area contributed by atoms with Gasteiger partial charge in [-0.25, -0.2) is 9.78 Å². The lowest BCUT2D eigenvalue weighted by Crippen LogP contribution is -2.08. The fourth-order valence-corrected chi connectivity index (χ4v) is 4.32.